The van der Waals surface area contributed by atoms with Crippen LogP contribution in [0.25, 0.3) is 0 Å². The van der Waals surface area contributed by atoms with Crippen molar-refractivity contribution in [1.82, 2.24) is 4.90 Å². The van der Waals surface area contributed by atoms with Crippen LogP contribution in [0, 0.1) is 0 Å². The van der Waals surface area contributed by atoms with Crippen molar-refractivity contribution in [2.45, 2.75) is 13.8 Å². The zero-order valence-electron chi connectivity index (χ0n) is 11.2. The first-order valence-electron chi connectivity index (χ1n) is 6.08. The lowest BCUT2D eigenvalue weighted by atomic mass is 10.3. The zero-order valence-corrected chi connectivity index (χ0v) is 12.8. The Bertz CT molecular complexity index is 385. The average molecular weight is 307 g/mol. The van der Waals surface area contributed by atoms with Crippen molar-refractivity contribution in [3.8, 4) is 0 Å². The zero-order chi connectivity index (χ0) is 13.4. The van der Waals surface area contributed by atoms with Crippen LogP contribution >= 0.6 is 24.0 Å². The predicted octanol–water partition coefficient (Wildman–Crippen LogP) is 3.65. The summed E-state index contributed by atoms with van der Waals surface area (Å²) in [6, 6.07) is 7.05. The van der Waals surface area contributed by atoms with Gasteiger partial charge < -0.3 is 9.64 Å². The quantitative estimate of drug-likeness (QED) is 0.872. The monoisotopic (exact) mass is 306 g/mol. The molecule has 0 atom stereocenters. The van der Waals surface area contributed by atoms with Crippen LogP contribution in [0.5, 0.6) is 0 Å². The van der Waals surface area contributed by atoms with Crippen molar-refractivity contribution >= 4 is 35.8 Å². The van der Waals surface area contributed by atoms with E-state index in [1.165, 1.54) is 0 Å². The number of benzene rings is 1. The van der Waals surface area contributed by atoms with Crippen LogP contribution in [0.2, 0.25) is 5.02 Å². The van der Waals surface area contributed by atoms with E-state index in [4.69, 9.17) is 16.3 Å². The second-order valence-corrected chi connectivity index (χ2v) is 4.17. The molecule has 0 saturated heterocycles. The maximum Gasteiger partial charge on any atom is 0.411 e. The van der Waals surface area contributed by atoms with Crippen molar-refractivity contribution in [2.75, 3.05) is 31.6 Å². The third kappa shape index (κ3) is 6.66. The molecule has 19 heavy (non-hydrogen) atoms. The van der Waals surface area contributed by atoms with Gasteiger partial charge in [-0.25, -0.2) is 4.79 Å². The molecule has 0 heterocycles. The number of ether oxygens (including phenoxy) is 1. The van der Waals surface area contributed by atoms with E-state index in [0.717, 1.165) is 19.6 Å². The molecule has 0 aromatic heterocycles. The molecule has 0 unspecified atom stereocenters. The predicted molar refractivity (Wildman–Crippen MR) is 81.5 cm³/mol. The maximum absolute atomic E-state index is 11.5. The van der Waals surface area contributed by atoms with E-state index >= 15 is 0 Å². The summed E-state index contributed by atoms with van der Waals surface area (Å²) in [5.74, 6) is 0. The Morgan fingerprint density at radius 1 is 1.32 bits per heavy atom. The highest BCUT2D eigenvalue weighted by Gasteiger charge is 2.06. The van der Waals surface area contributed by atoms with Crippen LogP contribution in [0.3, 0.4) is 0 Å². The van der Waals surface area contributed by atoms with Crippen LogP contribution < -0.4 is 5.32 Å². The molecule has 0 fully saturated rings. The summed E-state index contributed by atoms with van der Waals surface area (Å²) >= 11 is 5.92. The number of halogens is 2. The molecule has 1 aromatic carbocycles. The van der Waals surface area contributed by atoms with E-state index in [1.807, 2.05) is 0 Å². The first kappa shape index (κ1) is 18.0. The lowest BCUT2D eigenvalue weighted by Gasteiger charge is -2.17. The standard InChI is InChI=1S/C13H19ClN2O2.ClH/c1-3-16(4-2)9-10-18-13(17)15-12-8-6-5-7-11(12)14;/h5-8H,3-4,9-10H2,1-2H3,(H,15,17);1H. The summed E-state index contributed by atoms with van der Waals surface area (Å²) in [6.07, 6.45) is -0.477. The van der Waals surface area contributed by atoms with Crippen LogP contribution in [-0.4, -0.2) is 37.2 Å². The van der Waals surface area contributed by atoms with Crippen molar-refractivity contribution in [1.29, 1.82) is 0 Å². The minimum Gasteiger partial charge on any atom is -0.448 e. The molecule has 1 amide bonds. The average Bonchev–Trinajstić information content (AvgIpc) is 2.37. The van der Waals surface area contributed by atoms with Crippen molar-refractivity contribution < 1.29 is 9.53 Å². The summed E-state index contributed by atoms with van der Waals surface area (Å²) in [5, 5.41) is 3.11. The smallest absolute Gasteiger partial charge is 0.411 e. The number of nitrogens with one attached hydrogen (secondary N) is 1. The molecule has 0 aliphatic rings. The molecule has 4 nitrogen and oxygen atoms in total. The maximum atomic E-state index is 11.5. The van der Waals surface area contributed by atoms with Gasteiger partial charge in [0, 0.05) is 6.54 Å². The molecule has 108 valence electrons. The Labute approximate surface area is 125 Å². The van der Waals surface area contributed by atoms with Gasteiger partial charge in [-0.3, -0.25) is 5.32 Å². The minimum absolute atomic E-state index is 0. The Kier molecular flexibility index (Phi) is 9.39. The normalized spacial score (nSPS) is 9.89. The van der Waals surface area contributed by atoms with Gasteiger partial charge in [0.2, 0.25) is 0 Å². The van der Waals surface area contributed by atoms with Crippen molar-refractivity contribution in [2.24, 2.45) is 0 Å². The highest BCUT2D eigenvalue weighted by molar-refractivity contribution is 6.33. The second-order valence-electron chi connectivity index (χ2n) is 3.77. The van der Waals surface area contributed by atoms with Gasteiger partial charge in [0.15, 0.2) is 0 Å². The fraction of sp³-hybridized carbons (Fsp3) is 0.462. The summed E-state index contributed by atoms with van der Waals surface area (Å²) < 4.78 is 5.08. The van der Waals surface area contributed by atoms with E-state index in [9.17, 15) is 4.79 Å². The number of para-hydroxylation sites is 1. The highest BCUT2D eigenvalue weighted by atomic mass is 35.5. The number of hydrogen-bond donors (Lipinski definition) is 1. The number of carbonyl (C=O) groups is 1. The minimum atomic E-state index is -0.477. The number of nitrogens with zero attached hydrogens (tertiary/aromatic N) is 1. The van der Waals surface area contributed by atoms with E-state index in [2.05, 4.69) is 24.1 Å². The third-order valence-corrected chi connectivity index (χ3v) is 2.98. The summed E-state index contributed by atoms with van der Waals surface area (Å²) in [6.45, 7) is 7.17. The fourth-order valence-electron chi connectivity index (χ4n) is 1.52. The van der Waals surface area contributed by atoms with Gasteiger partial charge in [-0.1, -0.05) is 37.6 Å². The van der Waals surface area contributed by atoms with Crippen LogP contribution in [0.15, 0.2) is 24.3 Å². The Hall–Kier alpha value is -0.970. The van der Waals surface area contributed by atoms with Crippen molar-refractivity contribution in [3.05, 3.63) is 29.3 Å². The van der Waals surface area contributed by atoms with Crippen LogP contribution in [0.1, 0.15) is 13.8 Å². The van der Waals surface area contributed by atoms with Gasteiger partial charge >= 0.3 is 6.09 Å². The number of rotatable bonds is 6. The summed E-state index contributed by atoms with van der Waals surface area (Å²) in [4.78, 5) is 13.7. The number of likely N-dealkylation sites (N-methyl/N-ethyl adjacent to an activating group) is 1. The van der Waals surface area contributed by atoms with E-state index in [1.54, 1.807) is 24.3 Å². The van der Waals surface area contributed by atoms with E-state index in [-0.39, 0.29) is 12.4 Å². The highest BCUT2D eigenvalue weighted by Crippen LogP contribution is 2.20. The van der Waals surface area contributed by atoms with Gasteiger partial charge in [-0.2, -0.15) is 0 Å². The van der Waals surface area contributed by atoms with Crippen LogP contribution in [0.4, 0.5) is 10.5 Å². The first-order chi connectivity index (χ1) is 8.67. The molecule has 0 spiro atoms. The van der Waals surface area contributed by atoms with Crippen LogP contribution in [-0.2, 0) is 4.74 Å². The van der Waals surface area contributed by atoms with E-state index in [0.29, 0.717) is 17.3 Å². The van der Waals surface area contributed by atoms with Gasteiger partial charge in [-0.05, 0) is 25.2 Å². The van der Waals surface area contributed by atoms with Gasteiger partial charge in [0.25, 0.3) is 0 Å². The molecule has 0 aliphatic carbocycles. The van der Waals surface area contributed by atoms with Gasteiger partial charge in [0.05, 0.1) is 10.7 Å². The van der Waals surface area contributed by atoms with Gasteiger partial charge in [0.1, 0.15) is 6.61 Å². The largest absolute Gasteiger partial charge is 0.448 e. The number of carbonyl (C=O) groups excluding carboxylic acids is 1. The van der Waals surface area contributed by atoms with E-state index < -0.39 is 6.09 Å². The molecule has 0 radical (unpaired) electrons. The molecule has 6 heteroatoms. The molecule has 0 aliphatic heterocycles. The number of hydrogen-bond acceptors (Lipinski definition) is 3. The SMILES string of the molecule is CCN(CC)CCOC(=O)Nc1ccccc1Cl.Cl. The molecule has 0 bridgehead atoms. The fourth-order valence-corrected chi connectivity index (χ4v) is 1.70. The summed E-state index contributed by atoms with van der Waals surface area (Å²) in [5.41, 5.74) is 0.562. The Morgan fingerprint density at radius 3 is 2.53 bits per heavy atom. The number of amides is 1. The molecular weight excluding hydrogens is 287 g/mol. The van der Waals surface area contributed by atoms with Crippen molar-refractivity contribution in [3.63, 3.8) is 0 Å². The lowest BCUT2D eigenvalue weighted by Crippen LogP contribution is -2.28. The van der Waals surface area contributed by atoms with Gasteiger partial charge in [-0.15, -0.1) is 12.4 Å². The molecule has 1 N–H and O–H groups in total. The second kappa shape index (κ2) is 9.89. The lowest BCUT2D eigenvalue weighted by molar-refractivity contribution is 0.142. The molecule has 0 saturated carbocycles. The molecule has 1 aromatic rings. The Balaban J connectivity index is 0.00000324. The third-order valence-electron chi connectivity index (χ3n) is 2.65. The first-order valence-corrected chi connectivity index (χ1v) is 6.45. The number of anilines is 1. The molecular formula is C13H20Cl2N2O2. The topological polar surface area (TPSA) is 41.6 Å². The molecule has 1 rings (SSSR count). The Morgan fingerprint density at radius 2 is 1.95 bits per heavy atom. The summed E-state index contributed by atoms with van der Waals surface area (Å²) in [7, 11) is 0.